The van der Waals surface area contributed by atoms with Gasteiger partial charge in [-0.3, -0.25) is 0 Å². The predicted molar refractivity (Wildman–Crippen MR) is 76.1 cm³/mol. The summed E-state index contributed by atoms with van der Waals surface area (Å²) >= 11 is 0. The van der Waals surface area contributed by atoms with Crippen LogP contribution in [-0.4, -0.2) is 27.9 Å². The number of nitrogens with zero attached hydrogens (tertiary/aromatic N) is 3. The van der Waals surface area contributed by atoms with Gasteiger partial charge in [-0.25, -0.2) is 0 Å². The summed E-state index contributed by atoms with van der Waals surface area (Å²) in [5.41, 5.74) is 0.269. The molecule has 0 aliphatic heterocycles. The molecule has 1 N–H and O–H groups in total. The molecule has 1 aromatic carbocycles. The Bertz CT molecular complexity index is 744. The first kappa shape index (κ1) is 14.2. The Hall–Kier alpha value is -1.73. The predicted octanol–water partition coefficient (Wildman–Crippen LogP) is 1.59. The largest absolute Gasteiger partial charge is 0.383 e. The molecule has 6 nitrogen and oxygen atoms in total. The van der Waals surface area contributed by atoms with Crippen LogP contribution in [0.3, 0.4) is 0 Å². The van der Waals surface area contributed by atoms with Crippen LogP contribution < -0.4 is 0 Å². The lowest BCUT2D eigenvalue weighted by Gasteiger charge is -2.17. The summed E-state index contributed by atoms with van der Waals surface area (Å²) in [5, 5.41) is 18.0. The highest BCUT2D eigenvalue weighted by molar-refractivity contribution is 7.89. The first-order valence-corrected chi connectivity index (χ1v) is 8.33. The zero-order chi connectivity index (χ0) is 15.1. The molecule has 0 unspecified atom stereocenters. The van der Waals surface area contributed by atoms with Gasteiger partial charge in [-0.15, -0.1) is 9.19 Å². The number of hydrogen-bond acceptors (Lipinski definition) is 5. The number of rotatable bonds is 3. The molecule has 1 fully saturated rings. The number of aromatic nitrogens is 3. The third-order valence-corrected chi connectivity index (χ3v) is 5.48. The van der Waals surface area contributed by atoms with E-state index in [1.165, 1.54) is 18.3 Å². The molecule has 21 heavy (non-hydrogen) atoms. The van der Waals surface area contributed by atoms with Crippen molar-refractivity contribution in [1.29, 1.82) is 0 Å². The average Bonchev–Trinajstić information content (AvgIpc) is 3.09. The fourth-order valence-corrected chi connectivity index (χ4v) is 3.68. The minimum Gasteiger partial charge on any atom is -0.383 e. The van der Waals surface area contributed by atoms with E-state index < -0.39 is 15.6 Å². The molecule has 0 saturated heterocycles. The normalized spacial score (nSPS) is 18.0. The second-order valence-electron chi connectivity index (χ2n) is 5.53. The third kappa shape index (κ3) is 2.47. The van der Waals surface area contributed by atoms with Crippen LogP contribution in [0.25, 0.3) is 0 Å². The maximum absolute atomic E-state index is 12.5. The molecule has 112 valence electrons. The van der Waals surface area contributed by atoms with Crippen LogP contribution in [0.1, 0.15) is 36.9 Å². The van der Waals surface area contributed by atoms with Crippen molar-refractivity contribution in [1.82, 2.24) is 14.4 Å². The minimum absolute atomic E-state index is 0.156. The summed E-state index contributed by atoms with van der Waals surface area (Å²) in [5.74, 6) is 0. The van der Waals surface area contributed by atoms with E-state index in [2.05, 4.69) is 10.3 Å². The van der Waals surface area contributed by atoms with Crippen molar-refractivity contribution in [3.63, 3.8) is 0 Å². The van der Waals surface area contributed by atoms with Gasteiger partial charge in [0.15, 0.2) is 0 Å². The van der Waals surface area contributed by atoms with Crippen LogP contribution in [0.5, 0.6) is 0 Å². The molecule has 0 atom stereocenters. The van der Waals surface area contributed by atoms with Gasteiger partial charge in [0.05, 0.1) is 11.1 Å². The molecule has 1 aliphatic rings. The summed E-state index contributed by atoms with van der Waals surface area (Å²) < 4.78 is 25.7. The SMILES string of the molecule is Cc1ccc(S(=O)(=O)n2cc(C3(O)CCCC3)nn2)cc1. The van der Waals surface area contributed by atoms with E-state index in [0.29, 0.717) is 18.5 Å². The van der Waals surface area contributed by atoms with Crippen LogP contribution >= 0.6 is 0 Å². The monoisotopic (exact) mass is 307 g/mol. The first-order valence-electron chi connectivity index (χ1n) is 6.89. The van der Waals surface area contributed by atoms with E-state index >= 15 is 0 Å². The minimum atomic E-state index is -3.76. The molecule has 3 rings (SSSR count). The highest BCUT2D eigenvalue weighted by Gasteiger charge is 2.36. The highest BCUT2D eigenvalue weighted by atomic mass is 32.2. The molecule has 7 heteroatoms. The molecule has 0 spiro atoms. The Kier molecular flexibility index (Phi) is 3.33. The lowest BCUT2D eigenvalue weighted by molar-refractivity contribution is 0.0398. The smallest absolute Gasteiger partial charge is 0.284 e. The number of aliphatic hydroxyl groups is 1. The van der Waals surface area contributed by atoms with Gasteiger partial charge in [-0.1, -0.05) is 35.8 Å². The molecule has 1 aromatic heterocycles. The van der Waals surface area contributed by atoms with E-state index in [-0.39, 0.29) is 4.90 Å². The Morgan fingerprint density at radius 3 is 2.43 bits per heavy atom. The quantitative estimate of drug-likeness (QED) is 0.930. The Morgan fingerprint density at radius 1 is 1.19 bits per heavy atom. The van der Waals surface area contributed by atoms with Crippen LogP contribution in [0.15, 0.2) is 35.4 Å². The van der Waals surface area contributed by atoms with Crippen molar-refractivity contribution in [2.24, 2.45) is 0 Å². The summed E-state index contributed by atoms with van der Waals surface area (Å²) in [7, 11) is -3.76. The Balaban J connectivity index is 1.97. The van der Waals surface area contributed by atoms with Crippen molar-refractivity contribution in [3.05, 3.63) is 41.7 Å². The molecular formula is C14H17N3O3S. The van der Waals surface area contributed by atoms with Crippen LogP contribution in [0.4, 0.5) is 0 Å². The second-order valence-corrected chi connectivity index (χ2v) is 7.33. The van der Waals surface area contributed by atoms with E-state index in [4.69, 9.17) is 0 Å². The number of aryl methyl sites for hydroxylation is 1. The maximum atomic E-state index is 12.5. The van der Waals surface area contributed by atoms with Gasteiger partial charge in [-0.2, -0.15) is 8.42 Å². The van der Waals surface area contributed by atoms with Crippen molar-refractivity contribution in [3.8, 4) is 0 Å². The van der Waals surface area contributed by atoms with Gasteiger partial charge in [-0.05, 0) is 31.9 Å². The third-order valence-electron chi connectivity index (χ3n) is 3.95. The van der Waals surface area contributed by atoms with Crippen LogP contribution in [0.2, 0.25) is 0 Å². The van der Waals surface area contributed by atoms with Crippen molar-refractivity contribution in [2.75, 3.05) is 0 Å². The zero-order valence-electron chi connectivity index (χ0n) is 11.7. The molecule has 2 aromatic rings. The maximum Gasteiger partial charge on any atom is 0.284 e. The van der Waals surface area contributed by atoms with Gasteiger partial charge in [0.1, 0.15) is 11.3 Å². The van der Waals surface area contributed by atoms with Gasteiger partial charge >= 0.3 is 0 Å². The van der Waals surface area contributed by atoms with Gasteiger partial charge < -0.3 is 5.11 Å². The molecule has 1 heterocycles. The van der Waals surface area contributed by atoms with Crippen LogP contribution in [0, 0.1) is 6.92 Å². The van der Waals surface area contributed by atoms with Crippen molar-refractivity contribution in [2.45, 2.75) is 43.1 Å². The van der Waals surface area contributed by atoms with Crippen molar-refractivity contribution < 1.29 is 13.5 Å². The molecule has 1 saturated carbocycles. The first-order chi connectivity index (χ1) is 9.92. The number of benzene rings is 1. The standard InChI is InChI=1S/C14H17N3O3S/c1-11-4-6-12(7-5-11)21(19,20)17-10-13(15-16-17)14(18)8-2-3-9-14/h4-7,10,18H,2-3,8-9H2,1H3. The molecule has 0 bridgehead atoms. The lowest BCUT2D eigenvalue weighted by atomic mass is 9.99. The highest BCUT2D eigenvalue weighted by Crippen LogP contribution is 2.37. The summed E-state index contributed by atoms with van der Waals surface area (Å²) in [6.45, 7) is 1.89. The molecule has 0 amide bonds. The van der Waals surface area contributed by atoms with E-state index in [9.17, 15) is 13.5 Å². The Labute approximate surface area is 123 Å². The van der Waals surface area contributed by atoms with E-state index in [1.807, 2.05) is 6.92 Å². The fraction of sp³-hybridized carbons (Fsp3) is 0.429. The lowest BCUT2D eigenvalue weighted by Crippen LogP contribution is -2.21. The molecule has 0 radical (unpaired) electrons. The van der Waals surface area contributed by atoms with Crippen LogP contribution in [-0.2, 0) is 15.6 Å². The van der Waals surface area contributed by atoms with Gasteiger partial charge in [0.2, 0.25) is 0 Å². The summed E-state index contributed by atoms with van der Waals surface area (Å²) in [4.78, 5) is 0.156. The van der Waals surface area contributed by atoms with E-state index in [1.54, 1.807) is 12.1 Å². The van der Waals surface area contributed by atoms with Gasteiger partial charge in [0.25, 0.3) is 10.0 Å². The molecule has 1 aliphatic carbocycles. The fourth-order valence-electron chi connectivity index (χ4n) is 2.61. The number of hydrogen-bond donors (Lipinski definition) is 1. The molecular weight excluding hydrogens is 290 g/mol. The topological polar surface area (TPSA) is 85.1 Å². The summed E-state index contributed by atoms with van der Waals surface area (Å²) in [6.07, 6.45) is 4.33. The average molecular weight is 307 g/mol. The summed E-state index contributed by atoms with van der Waals surface area (Å²) in [6, 6.07) is 6.54. The second kappa shape index (κ2) is 4.92. The zero-order valence-corrected chi connectivity index (χ0v) is 12.5. The Morgan fingerprint density at radius 2 is 1.81 bits per heavy atom. The van der Waals surface area contributed by atoms with Crippen molar-refractivity contribution >= 4 is 10.0 Å². The van der Waals surface area contributed by atoms with Gasteiger partial charge in [0, 0.05) is 0 Å². The van der Waals surface area contributed by atoms with E-state index in [0.717, 1.165) is 22.5 Å².